The van der Waals surface area contributed by atoms with E-state index in [1.54, 1.807) is 0 Å². The first-order chi connectivity index (χ1) is 7.83. The number of benzene rings is 1. The lowest BCUT2D eigenvalue weighted by atomic mass is 10.3. The van der Waals surface area contributed by atoms with E-state index in [1.165, 1.54) is 0 Å². The zero-order valence-electron chi connectivity index (χ0n) is 8.93. The Balaban J connectivity index is 2.14. The van der Waals surface area contributed by atoms with Crippen molar-refractivity contribution < 1.29 is 14.3 Å². The summed E-state index contributed by atoms with van der Waals surface area (Å²) in [6, 6.07) is 9.24. The second-order valence-electron chi connectivity index (χ2n) is 3.18. The summed E-state index contributed by atoms with van der Waals surface area (Å²) in [5, 5.41) is 0.123. The highest BCUT2D eigenvalue weighted by Crippen LogP contribution is 2.09. The summed E-state index contributed by atoms with van der Waals surface area (Å²) in [6.45, 7) is 0.486. The number of carbonyl (C=O) groups is 1. The molecule has 1 aromatic rings. The third kappa shape index (κ3) is 5.46. The molecule has 0 saturated carbocycles. The molecule has 0 unspecified atom stereocenters. The van der Waals surface area contributed by atoms with Gasteiger partial charge in [-0.15, -0.1) is 0 Å². The molecule has 4 heteroatoms. The van der Waals surface area contributed by atoms with Crippen molar-refractivity contribution in [1.29, 1.82) is 0 Å². The van der Waals surface area contributed by atoms with Crippen molar-refractivity contribution >= 4 is 23.7 Å². The van der Waals surface area contributed by atoms with Gasteiger partial charge >= 0.3 is 5.24 Å². The fourth-order valence-corrected chi connectivity index (χ4v) is 1.28. The number of rotatable bonds is 6. The van der Waals surface area contributed by atoms with Gasteiger partial charge in [-0.25, -0.2) is 0 Å². The van der Waals surface area contributed by atoms with Crippen molar-refractivity contribution in [3.05, 3.63) is 30.3 Å². The highest BCUT2D eigenvalue weighted by Gasteiger charge is 2.00. The van der Waals surface area contributed by atoms with Crippen LogP contribution in [0.25, 0.3) is 0 Å². The van der Waals surface area contributed by atoms with Crippen LogP contribution in [0.15, 0.2) is 30.3 Å². The molecular weight excluding hydrogens is 224 g/mol. The van der Waals surface area contributed by atoms with Gasteiger partial charge < -0.3 is 14.3 Å². The molecule has 16 heavy (non-hydrogen) atoms. The molecular formula is C12H14O3S. The topological polar surface area (TPSA) is 35.5 Å². The predicted molar refractivity (Wildman–Crippen MR) is 65.5 cm³/mol. The summed E-state index contributed by atoms with van der Waals surface area (Å²) in [6.07, 6.45) is 3.09. The van der Waals surface area contributed by atoms with Crippen LogP contribution >= 0.6 is 12.2 Å². The molecule has 0 heterocycles. The molecule has 0 fully saturated rings. The van der Waals surface area contributed by atoms with Crippen LogP contribution < -0.4 is 4.74 Å². The quantitative estimate of drug-likeness (QED) is 0.433. The Kier molecular flexibility index (Phi) is 6.18. The van der Waals surface area contributed by atoms with Crippen molar-refractivity contribution in [3.8, 4) is 5.75 Å². The number of unbranched alkanes of at least 4 members (excludes halogenated alkanes) is 2. The van der Waals surface area contributed by atoms with Crippen LogP contribution in [0.5, 0.6) is 5.75 Å². The third-order valence-corrected chi connectivity index (χ3v) is 2.08. The lowest BCUT2D eigenvalue weighted by Gasteiger charge is -2.07. The normalized spacial score (nSPS) is 9.50. The second kappa shape index (κ2) is 7.82. The van der Waals surface area contributed by atoms with Gasteiger partial charge in [0.05, 0.1) is 6.61 Å². The van der Waals surface area contributed by atoms with Gasteiger partial charge in [-0.3, -0.25) is 0 Å². The number of para-hydroxylation sites is 1. The number of hydrogen-bond acceptors (Lipinski definition) is 4. The molecule has 1 rings (SSSR count). The van der Waals surface area contributed by atoms with Gasteiger partial charge in [0.15, 0.2) is 0 Å². The smallest absolute Gasteiger partial charge is 0.357 e. The van der Waals surface area contributed by atoms with Crippen molar-refractivity contribution in [3.63, 3.8) is 0 Å². The summed E-state index contributed by atoms with van der Waals surface area (Å²) >= 11 is 4.90. The molecule has 0 aliphatic rings. The van der Waals surface area contributed by atoms with Crippen LogP contribution in [0, 0.1) is 0 Å². The molecule has 0 aromatic heterocycles. The molecule has 0 saturated heterocycles. The van der Waals surface area contributed by atoms with Crippen LogP contribution in [0.2, 0.25) is 0 Å². The number of aldehydes is 1. The van der Waals surface area contributed by atoms with E-state index in [0.717, 1.165) is 19.1 Å². The van der Waals surface area contributed by atoms with E-state index >= 15 is 0 Å². The van der Waals surface area contributed by atoms with Gasteiger partial charge in [0.2, 0.25) is 0 Å². The van der Waals surface area contributed by atoms with E-state index in [2.05, 4.69) is 0 Å². The van der Waals surface area contributed by atoms with Crippen LogP contribution in [0.3, 0.4) is 0 Å². The Morgan fingerprint density at radius 3 is 2.69 bits per heavy atom. The minimum absolute atomic E-state index is 0.123. The fraction of sp³-hybridized carbons (Fsp3) is 0.333. The molecule has 0 atom stereocenters. The summed E-state index contributed by atoms with van der Waals surface area (Å²) in [5.74, 6) is 0.667. The highest BCUT2D eigenvalue weighted by molar-refractivity contribution is 7.79. The minimum atomic E-state index is 0.123. The lowest BCUT2D eigenvalue weighted by molar-refractivity contribution is -0.107. The molecule has 0 amide bonds. The Morgan fingerprint density at radius 2 is 2.00 bits per heavy atom. The lowest BCUT2D eigenvalue weighted by Crippen LogP contribution is -2.11. The summed E-state index contributed by atoms with van der Waals surface area (Å²) in [4.78, 5) is 10.1. The maximum absolute atomic E-state index is 10.1. The molecule has 0 aliphatic carbocycles. The van der Waals surface area contributed by atoms with E-state index in [1.807, 2.05) is 30.3 Å². The van der Waals surface area contributed by atoms with E-state index in [-0.39, 0.29) is 5.24 Å². The van der Waals surface area contributed by atoms with Gasteiger partial charge in [-0.1, -0.05) is 18.2 Å². The van der Waals surface area contributed by atoms with Crippen LogP contribution in [-0.4, -0.2) is 18.1 Å². The van der Waals surface area contributed by atoms with Crippen molar-refractivity contribution in [2.45, 2.75) is 19.3 Å². The maximum Gasteiger partial charge on any atom is 0.357 e. The van der Waals surface area contributed by atoms with Gasteiger partial charge in [-0.2, -0.15) is 0 Å². The summed E-state index contributed by atoms with van der Waals surface area (Å²) in [7, 11) is 0. The van der Waals surface area contributed by atoms with E-state index < -0.39 is 0 Å². The number of thiocarbonyl (C=S) groups is 1. The van der Waals surface area contributed by atoms with E-state index in [4.69, 9.17) is 21.7 Å². The van der Waals surface area contributed by atoms with Gasteiger partial charge in [0.1, 0.15) is 12.0 Å². The van der Waals surface area contributed by atoms with Crippen LogP contribution in [-0.2, 0) is 9.53 Å². The van der Waals surface area contributed by atoms with Gasteiger partial charge in [0.25, 0.3) is 0 Å². The van der Waals surface area contributed by atoms with Crippen molar-refractivity contribution in [1.82, 2.24) is 0 Å². The second-order valence-corrected chi connectivity index (χ2v) is 3.51. The Bertz CT molecular complexity index is 324. The average Bonchev–Trinajstić information content (AvgIpc) is 2.30. The standard InChI is InChI=1S/C12H14O3S/c13-9-5-2-6-10-14-12(16)15-11-7-3-1-4-8-11/h1,3-4,7-9H,2,5-6,10H2. The van der Waals surface area contributed by atoms with Crippen LogP contribution in [0.1, 0.15) is 19.3 Å². The minimum Gasteiger partial charge on any atom is -0.457 e. The molecule has 0 aliphatic heterocycles. The fourth-order valence-electron chi connectivity index (χ4n) is 1.10. The first-order valence-corrected chi connectivity index (χ1v) is 5.57. The first kappa shape index (κ1) is 12.6. The molecule has 0 bridgehead atoms. The summed E-state index contributed by atoms with van der Waals surface area (Å²) < 4.78 is 10.4. The number of hydrogen-bond donors (Lipinski definition) is 0. The zero-order chi connectivity index (χ0) is 11.6. The first-order valence-electron chi connectivity index (χ1n) is 5.16. The van der Waals surface area contributed by atoms with E-state index in [0.29, 0.717) is 18.8 Å². The van der Waals surface area contributed by atoms with Crippen molar-refractivity contribution in [2.75, 3.05) is 6.61 Å². The van der Waals surface area contributed by atoms with Crippen LogP contribution in [0.4, 0.5) is 0 Å². The van der Waals surface area contributed by atoms with Crippen molar-refractivity contribution in [2.24, 2.45) is 0 Å². The SMILES string of the molecule is O=CCCCCOC(=S)Oc1ccccc1. The summed E-state index contributed by atoms with van der Waals surface area (Å²) in [5.41, 5.74) is 0. The number of carbonyl (C=O) groups excluding carboxylic acids is 1. The maximum atomic E-state index is 10.1. The van der Waals surface area contributed by atoms with Gasteiger partial charge in [0, 0.05) is 18.6 Å². The molecule has 1 aromatic carbocycles. The Hall–Kier alpha value is -1.42. The molecule has 0 radical (unpaired) electrons. The number of ether oxygens (including phenoxy) is 2. The Morgan fingerprint density at radius 1 is 1.25 bits per heavy atom. The van der Waals surface area contributed by atoms with E-state index in [9.17, 15) is 4.79 Å². The highest BCUT2D eigenvalue weighted by atomic mass is 32.1. The largest absolute Gasteiger partial charge is 0.457 e. The molecule has 86 valence electrons. The average molecular weight is 238 g/mol. The zero-order valence-corrected chi connectivity index (χ0v) is 9.74. The molecule has 0 N–H and O–H groups in total. The predicted octanol–water partition coefficient (Wildman–Crippen LogP) is 2.74. The van der Waals surface area contributed by atoms with Gasteiger partial charge in [-0.05, 0) is 25.0 Å². The molecule has 0 spiro atoms. The Labute approximate surface area is 100 Å². The third-order valence-electron chi connectivity index (χ3n) is 1.88. The molecule has 3 nitrogen and oxygen atoms in total. The monoisotopic (exact) mass is 238 g/mol.